The van der Waals surface area contributed by atoms with Crippen LogP contribution in [0.5, 0.6) is 0 Å². The van der Waals surface area contributed by atoms with Gasteiger partial charge in [0.05, 0.1) is 6.54 Å². The number of hydrogen-bond donors (Lipinski definition) is 1. The molecule has 0 saturated carbocycles. The highest BCUT2D eigenvalue weighted by atomic mass is 15.2. The highest BCUT2D eigenvalue weighted by Crippen LogP contribution is 2.04. The number of guanidine groups is 1. The van der Waals surface area contributed by atoms with Crippen molar-refractivity contribution >= 4 is 5.96 Å². The fourth-order valence-corrected chi connectivity index (χ4v) is 1.81. The third-order valence-electron chi connectivity index (χ3n) is 2.92. The van der Waals surface area contributed by atoms with Crippen LogP contribution in [0.2, 0.25) is 0 Å². The molecule has 98 valence electrons. The van der Waals surface area contributed by atoms with E-state index in [9.17, 15) is 0 Å². The monoisotopic (exact) mass is 253 g/mol. The highest BCUT2D eigenvalue weighted by Gasteiger charge is 2.02. The fourth-order valence-electron chi connectivity index (χ4n) is 1.81. The molecule has 2 rings (SSSR count). The summed E-state index contributed by atoms with van der Waals surface area (Å²) in [4.78, 5) is 6.37. The van der Waals surface area contributed by atoms with Crippen LogP contribution in [-0.4, -0.2) is 17.9 Å². The minimum atomic E-state index is 0.563. The number of benzene rings is 2. The molecule has 19 heavy (non-hydrogen) atoms. The van der Waals surface area contributed by atoms with Gasteiger partial charge in [-0.3, -0.25) is 0 Å². The van der Waals surface area contributed by atoms with Crippen molar-refractivity contribution in [3.05, 3.63) is 71.8 Å². The van der Waals surface area contributed by atoms with Crippen LogP contribution in [0.15, 0.2) is 65.7 Å². The normalized spacial score (nSPS) is 11.3. The topological polar surface area (TPSA) is 41.6 Å². The van der Waals surface area contributed by atoms with Gasteiger partial charge in [0.1, 0.15) is 0 Å². The maximum absolute atomic E-state index is 5.99. The van der Waals surface area contributed by atoms with E-state index in [1.807, 2.05) is 60.5 Å². The first-order valence-corrected chi connectivity index (χ1v) is 6.34. The molecule has 2 N–H and O–H groups in total. The van der Waals surface area contributed by atoms with E-state index >= 15 is 0 Å². The van der Waals surface area contributed by atoms with Crippen LogP contribution < -0.4 is 5.73 Å². The Kier molecular flexibility index (Phi) is 4.56. The Labute approximate surface area is 114 Å². The molecule has 0 bridgehead atoms. The van der Waals surface area contributed by atoms with E-state index in [2.05, 4.69) is 17.1 Å². The van der Waals surface area contributed by atoms with E-state index in [0.717, 1.165) is 6.54 Å². The minimum Gasteiger partial charge on any atom is -0.370 e. The highest BCUT2D eigenvalue weighted by molar-refractivity contribution is 5.77. The van der Waals surface area contributed by atoms with E-state index in [1.165, 1.54) is 11.1 Å². The molecule has 0 unspecified atom stereocenters. The van der Waals surface area contributed by atoms with Crippen LogP contribution >= 0.6 is 0 Å². The number of aliphatic imine (C=N–C) groups is 1. The Morgan fingerprint density at radius 3 is 2.05 bits per heavy atom. The van der Waals surface area contributed by atoms with Crippen LogP contribution in [0.4, 0.5) is 0 Å². The minimum absolute atomic E-state index is 0.563. The van der Waals surface area contributed by atoms with Crippen LogP contribution in [0.1, 0.15) is 11.1 Å². The molecule has 0 saturated heterocycles. The number of rotatable bonds is 4. The maximum atomic E-state index is 5.99. The summed E-state index contributed by atoms with van der Waals surface area (Å²) in [5.74, 6) is 0.563. The predicted octanol–water partition coefficient (Wildman–Crippen LogP) is 2.63. The maximum Gasteiger partial charge on any atom is 0.191 e. The molecule has 2 aromatic rings. The second-order valence-corrected chi connectivity index (χ2v) is 4.50. The first-order valence-electron chi connectivity index (χ1n) is 6.34. The van der Waals surface area contributed by atoms with Crippen molar-refractivity contribution in [3.63, 3.8) is 0 Å². The predicted molar refractivity (Wildman–Crippen MR) is 79.7 cm³/mol. The van der Waals surface area contributed by atoms with Crippen LogP contribution in [0.25, 0.3) is 0 Å². The molecule has 0 atom stereocenters. The van der Waals surface area contributed by atoms with Gasteiger partial charge >= 0.3 is 0 Å². The van der Waals surface area contributed by atoms with E-state index in [1.54, 1.807) is 0 Å². The van der Waals surface area contributed by atoms with Crippen LogP contribution in [0, 0.1) is 0 Å². The lowest BCUT2D eigenvalue weighted by Gasteiger charge is -2.18. The lowest BCUT2D eigenvalue weighted by atomic mass is 10.2. The average molecular weight is 253 g/mol. The van der Waals surface area contributed by atoms with Crippen molar-refractivity contribution in [3.8, 4) is 0 Å². The Morgan fingerprint density at radius 2 is 1.47 bits per heavy atom. The van der Waals surface area contributed by atoms with Crippen molar-refractivity contribution in [1.82, 2.24) is 4.90 Å². The second-order valence-electron chi connectivity index (χ2n) is 4.50. The van der Waals surface area contributed by atoms with Gasteiger partial charge in [0.2, 0.25) is 0 Å². The molecule has 3 heteroatoms. The lowest BCUT2D eigenvalue weighted by Crippen LogP contribution is -2.33. The zero-order valence-corrected chi connectivity index (χ0v) is 11.2. The molecule has 0 aromatic heterocycles. The molecular formula is C16H19N3. The summed E-state index contributed by atoms with van der Waals surface area (Å²) in [6.45, 7) is 1.39. The summed E-state index contributed by atoms with van der Waals surface area (Å²) in [6.07, 6.45) is 0. The lowest BCUT2D eigenvalue weighted by molar-refractivity contribution is 0.492. The van der Waals surface area contributed by atoms with E-state index in [0.29, 0.717) is 12.5 Å². The first-order chi connectivity index (χ1) is 9.25. The average Bonchev–Trinajstić information content (AvgIpc) is 2.47. The van der Waals surface area contributed by atoms with E-state index in [4.69, 9.17) is 5.73 Å². The van der Waals surface area contributed by atoms with Gasteiger partial charge < -0.3 is 10.6 Å². The first kappa shape index (κ1) is 13.1. The van der Waals surface area contributed by atoms with Crippen LogP contribution in [-0.2, 0) is 13.1 Å². The summed E-state index contributed by atoms with van der Waals surface area (Å²) in [5, 5.41) is 0. The molecule has 2 aromatic carbocycles. The quantitative estimate of drug-likeness (QED) is 0.672. The Bertz CT molecular complexity index is 520. The summed E-state index contributed by atoms with van der Waals surface area (Å²) >= 11 is 0. The van der Waals surface area contributed by atoms with Crippen molar-refractivity contribution in [2.45, 2.75) is 13.1 Å². The molecule has 0 amide bonds. The summed E-state index contributed by atoms with van der Waals surface area (Å²) in [7, 11) is 1.96. The van der Waals surface area contributed by atoms with Gasteiger partial charge in [-0.15, -0.1) is 0 Å². The largest absolute Gasteiger partial charge is 0.370 e. The number of nitrogens with zero attached hydrogens (tertiary/aromatic N) is 2. The Morgan fingerprint density at radius 1 is 0.947 bits per heavy atom. The third kappa shape index (κ3) is 4.14. The molecule has 0 aliphatic carbocycles. The SMILES string of the molecule is CN(Cc1ccccc1)C(N)=NCc1ccccc1. The fraction of sp³-hybridized carbons (Fsp3) is 0.188. The number of nitrogens with two attached hydrogens (primary N) is 1. The van der Waals surface area contributed by atoms with Crippen LogP contribution in [0.3, 0.4) is 0 Å². The molecule has 3 nitrogen and oxygen atoms in total. The van der Waals surface area contributed by atoms with Gasteiger partial charge in [-0.1, -0.05) is 60.7 Å². The van der Waals surface area contributed by atoms with Gasteiger partial charge in [-0.05, 0) is 11.1 Å². The molecule has 0 fully saturated rings. The molecule has 0 radical (unpaired) electrons. The summed E-state index contributed by atoms with van der Waals surface area (Å²) < 4.78 is 0. The van der Waals surface area contributed by atoms with E-state index < -0.39 is 0 Å². The standard InChI is InChI=1S/C16H19N3/c1-19(13-15-10-6-3-7-11-15)16(17)18-12-14-8-4-2-5-9-14/h2-11H,12-13H2,1H3,(H2,17,18). The molecule has 0 aliphatic rings. The molecule has 0 heterocycles. The van der Waals surface area contributed by atoms with Crippen molar-refractivity contribution in [2.24, 2.45) is 10.7 Å². The smallest absolute Gasteiger partial charge is 0.191 e. The van der Waals surface area contributed by atoms with Gasteiger partial charge in [0.25, 0.3) is 0 Å². The number of hydrogen-bond acceptors (Lipinski definition) is 1. The van der Waals surface area contributed by atoms with Crippen molar-refractivity contribution in [1.29, 1.82) is 0 Å². The zero-order valence-electron chi connectivity index (χ0n) is 11.2. The molecular weight excluding hydrogens is 234 g/mol. The Balaban J connectivity index is 1.93. The van der Waals surface area contributed by atoms with Gasteiger partial charge in [0.15, 0.2) is 5.96 Å². The van der Waals surface area contributed by atoms with Crippen molar-refractivity contribution in [2.75, 3.05) is 7.05 Å². The van der Waals surface area contributed by atoms with Gasteiger partial charge in [-0.2, -0.15) is 0 Å². The zero-order chi connectivity index (χ0) is 13.5. The van der Waals surface area contributed by atoms with Gasteiger partial charge in [0, 0.05) is 13.6 Å². The summed E-state index contributed by atoms with van der Waals surface area (Å²) in [6, 6.07) is 20.3. The summed E-state index contributed by atoms with van der Waals surface area (Å²) in [5.41, 5.74) is 8.38. The van der Waals surface area contributed by atoms with Crippen molar-refractivity contribution < 1.29 is 0 Å². The molecule has 0 spiro atoms. The second kappa shape index (κ2) is 6.59. The third-order valence-corrected chi connectivity index (χ3v) is 2.92. The molecule has 0 aliphatic heterocycles. The van der Waals surface area contributed by atoms with Gasteiger partial charge in [-0.25, -0.2) is 4.99 Å². The van der Waals surface area contributed by atoms with E-state index in [-0.39, 0.29) is 0 Å². The Hall–Kier alpha value is -2.29.